The van der Waals surface area contributed by atoms with Gasteiger partial charge in [0, 0.05) is 33.5 Å². The van der Waals surface area contributed by atoms with E-state index in [1.54, 1.807) is 0 Å². The third-order valence-corrected chi connectivity index (χ3v) is 16.0. The largest absolute Gasteiger partial charge is 0.454 e. The molecule has 3 nitrogen and oxygen atoms in total. The van der Waals surface area contributed by atoms with Crippen LogP contribution in [0.2, 0.25) is 0 Å². The predicted octanol–water partition coefficient (Wildman–Crippen LogP) is 13.4. The topological polar surface area (TPSA) is 21.3 Å². The lowest BCUT2D eigenvalue weighted by molar-refractivity contribution is 0.332. The molecule has 0 N–H and O–H groups in total. The van der Waals surface area contributed by atoms with Gasteiger partial charge >= 0.3 is 0 Å². The molecule has 2 aliphatic heterocycles. The van der Waals surface area contributed by atoms with Crippen LogP contribution < -0.4 is 21.3 Å². The van der Waals surface area contributed by atoms with Crippen molar-refractivity contribution in [1.29, 1.82) is 0 Å². The second kappa shape index (κ2) is 11.6. The number of benzene rings is 5. The SMILES string of the molecule is CC(C)(C)c1cc2c3c(c1)-n1c4c(cc(C(C)(C)C)cc4c4oc5ccccc5c41)B3c1cc3c(cc1N2c1ccc2c(c1)C(C)(C)CCC2(C)C)C(C)(C)CCC3(C)C. The Bertz CT molecular complexity index is 3020. The van der Waals surface area contributed by atoms with E-state index < -0.39 is 0 Å². The molecule has 5 aromatic carbocycles. The van der Waals surface area contributed by atoms with E-state index in [2.05, 4.69) is 185 Å². The predicted molar refractivity (Wildman–Crippen MR) is 258 cm³/mol. The number of aromatic nitrogens is 1. The minimum Gasteiger partial charge on any atom is -0.454 e. The van der Waals surface area contributed by atoms with Crippen molar-refractivity contribution in [2.24, 2.45) is 0 Å². The van der Waals surface area contributed by atoms with Crippen LogP contribution in [0.25, 0.3) is 38.7 Å². The quantitative estimate of drug-likeness (QED) is 0.154. The van der Waals surface area contributed by atoms with E-state index in [1.165, 1.54) is 120 Å². The smallest absolute Gasteiger partial charge is 0.252 e. The lowest BCUT2D eigenvalue weighted by Crippen LogP contribution is -2.61. The molecule has 0 unspecified atom stereocenters. The van der Waals surface area contributed by atoms with Crippen molar-refractivity contribution >= 4 is 73.1 Å². The summed E-state index contributed by atoms with van der Waals surface area (Å²) in [4.78, 5) is 2.71. The van der Waals surface area contributed by atoms with E-state index in [9.17, 15) is 0 Å². The fourth-order valence-corrected chi connectivity index (χ4v) is 11.9. The summed E-state index contributed by atoms with van der Waals surface area (Å²) in [5, 5.41) is 2.39. The fraction of sp³-hybridized carbons (Fsp3) is 0.429. The highest BCUT2D eigenvalue weighted by Crippen LogP contribution is 2.53. The zero-order chi connectivity index (χ0) is 42.4. The summed E-state index contributed by atoms with van der Waals surface area (Å²) in [6.45, 7) is 34.0. The minimum atomic E-state index is -0.0864. The molecule has 0 fully saturated rings. The highest BCUT2D eigenvalue weighted by Gasteiger charge is 2.47. The summed E-state index contributed by atoms with van der Waals surface area (Å²) >= 11 is 0. The van der Waals surface area contributed by atoms with Gasteiger partial charge in [0.1, 0.15) is 11.1 Å². The van der Waals surface area contributed by atoms with Gasteiger partial charge in [0.05, 0.1) is 5.52 Å². The number of anilines is 3. The van der Waals surface area contributed by atoms with Crippen molar-refractivity contribution in [3.8, 4) is 5.69 Å². The summed E-state index contributed by atoms with van der Waals surface area (Å²) < 4.78 is 9.59. The maximum atomic E-state index is 6.97. The van der Waals surface area contributed by atoms with Gasteiger partial charge in [-0.3, -0.25) is 0 Å². The van der Waals surface area contributed by atoms with Gasteiger partial charge in [-0.2, -0.15) is 0 Å². The van der Waals surface area contributed by atoms with Gasteiger partial charge in [-0.25, -0.2) is 0 Å². The maximum absolute atomic E-state index is 6.97. The summed E-state index contributed by atoms with van der Waals surface area (Å²) in [5.74, 6) is 0. The molecule has 4 heteroatoms. The summed E-state index contributed by atoms with van der Waals surface area (Å²) in [5.41, 5.74) is 22.8. The first-order valence-electron chi connectivity index (χ1n) is 22.8. The molecule has 4 aliphatic rings. The van der Waals surface area contributed by atoms with Crippen LogP contribution in [0.3, 0.4) is 0 Å². The molecule has 60 heavy (non-hydrogen) atoms. The maximum Gasteiger partial charge on any atom is 0.252 e. The van der Waals surface area contributed by atoms with Gasteiger partial charge in [0.15, 0.2) is 5.58 Å². The number of furan rings is 1. The van der Waals surface area contributed by atoms with Crippen LogP contribution in [0.4, 0.5) is 17.1 Å². The van der Waals surface area contributed by atoms with E-state index in [1.807, 2.05) is 0 Å². The molecule has 0 spiro atoms. The van der Waals surface area contributed by atoms with Crippen molar-refractivity contribution < 1.29 is 4.42 Å². The first-order chi connectivity index (χ1) is 28.0. The molecule has 0 bridgehead atoms. The highest BCUT2D eigenvalue weighted by molar-refractivity contribution is 7.00. The van der Waals surface area contributed by atoms with Gasteiger partial charge < -0.3 is 13.9 Å². The van der Waals surface area contributed by atoms with Crippen LogP contribution in [0.1, 0.15) is 156 Å². The zero-order valence-corrected chi connectivity index (χ0v) is 38.7. The van der Waals surface area contributed by atoms with Crippen LogP contribution in [0.5, 0.6) is 0 Å². The van der Waals surface area contributed by atoms with E-state index in [0.29, 0.717) is 0 Å². The molecule has 2 aliphatic carbocycles. The monoisotopic (exact) mass is 791 g/mol. The third-order valence-electron chi connectivity index (χ3n) is 16.0. The van der Waals surface area contributed by atoms with E-state index in [-0.39, 0.29) is 39.2 Å². The average Bonchev–Trinajstić information content (AvgIpc) is 3.71. The Kier molecular flexibility index (Phi) is 7.40. The normalized spacial score (nSPS) is 19.4. The van der Waals surface area contributed by atoms with Crippen molar-refractivity contribution in [3.05, 3.63) is 112 Å². The third kappa shape index (κ3) is 5.09. The van der Waals surface area contributed by atoms with E-state index >= 15 is 0 Å². The Morgan fingerprint density at radius 2 is 1.08 bits per heavy atom. The Morgan fingerprint density at radius 3 is 1.73 bits per heavy atom. The van der Waals surface area contributed by atoms with Crippen LogP contribution in [-0.4, -0.2) is 11.3 Å². The molecule has 0 saturated heterocycles. The molecule has 0 saturated carbocycles. The number of para-hydroxylation sites is 1. The molecule has 0 radical (unpaired) electrons. The van der Waals surface area contributed by atoms with Crippen LogP contribution in [0.15, 0.2) is 83.3 Å². The van der Waals surface area contributed by atoms with Crippen LogP contribution >= 0.6 is 0 Å². The number of hydrogen-bond acceptors (Lipinski definition) is 2. The van der Waals surface area contributed by atoms with Crippen molar-refractivity contribution in [2.45, 2.75) is 155 Å². The zero-order valence-electron chi connectivity index (χ0n) is 38.7. The van der Waals surface area contributed by atoms with E-state index in [0.717, 1.165) is 11.2 Å². The molecule has 2 aromatic heterocycles. The molecule has 11 rings (SSSR count). The van der Waals surface area contributed by atoms with Gasteiger partial charge in [0.25, 0.3) is 6.71 Å². The van der Waals surface area contributed by atoms with Gasteiger partial charge in [-0.15, -0.1) is 0 Å². The molecule has 7 aromatic rings. The Hall–Kier alpha value is -4.70. The van der Waals surface area contributed by atoms with Gasteiger partial charge in [0.2, 0.25) is 0 Å². The number of hydrogen-bond donors (Lipinski definition) is 0. The van der Waals surface area contributed by atoms with Crippen LogP contribution in [0, 0.1) is 0 Å². The fourth-order valence-electron chi connectivity index (χ4n) is 11.9. The summed E-state index contributed by atoms with van der Waals surface area (Å²) in [6.07, 6.45) is 4.76. The van der Waals surface area contributed by atoms with Crippen molar-refractivity contribution in [2.75, 3.05) is 4.90 Å². The molecular formula is C56H63BN2O. The number of nitrogens with zero attached hydrogens (tertiary/aromatic N) is 2. The molecule has 306 valence electrons. The first kappa shape index (κ1) is 38.2. The van der Waals surface area contributed by atoms with Gasteiger partial charge in [-0.1, -0.05) is 127 Å². The summed E-state index contributed by atoms with van der Waals surface area (Å²) in [7, 11) is 0. The van der Waals surface area contributed by atoms with Crippen LogP contribution in [-0.2, 0) is 32.5 Å². The van der Waals surface area contributed by atoms with Crippen molar-refractivity contribution in [3.63, 3.8) is 0 Å². The number of fused-ring (bicyclic) bond motifs is 11. The second-order valence-corrected chi connectivity index (χ2v) is 24.0. The lowest BCUT2D eigenvalue weighted by atomic mass is 9.33. The molecular weight excluding hydrogens is 727 g/mol. The van der Waals surface area contributed by atoms with Crippen molar-refractivity contribution in [1.82, 2.24) is 4.57 Å². The van der Waals surface area contributed by atoms with E-state index in [4.69, 9.17) is 4.42 Å². The molecule has 4 heterocycles. The average molecular weight is 791 g/mol. The Labute approximate surface area is 358 Å². The Morgan fingerprint density at radius 1 is 0.517 bits per heavy atom. The lowest BCUT2D eigenvalue weighted by Gasteiger charge is -2.47. The summed E-state index contributed by atoms with van der Waals surface area (Å²) in [6, 6.07) is 31.7. The number of rotatable bonds is 1. The molecule has 0 atom stereocenters. The van der Waals surface area contributed by atoms with Gasteiger partial charge in [-0.05, 0) is 156 Å². The molecule has 0 amide bonds. The second-order valence-electron chi connectivity index (χ2n) is 24.0. The highest BCUT2D eigenvalue weighted by atomic mass is 16.3. The first-order valence-corrected chi connectivity index (χ1v) is 22.8. The standard InChI is InChI=1S/C56H63BN2O/c1-51(2,3)32-25-36-48-42(26-32)57-41-30-39-40(56(13,14)24-23-55(39,11)12)31-43(41)58(34-19-20-37-38(29-34)54(9,10)22-21-53(37,7)8)44-27-33(52(4,5)6)28-45(47(44)57)59(48)49-35-17-15-16-18-46(35)60-50(36)49/h15-20,25-31H,21-24H2,1-14H3. The minimum absolute atomic E-state index is 0.0528. The Balaban J connectivity index is 1.34.